The molecule has 1 unspecified atom stereocenters. The second-order valence-electron chi connectivity index (χ2n) is 8.66. The van der Waals surface area contributed by atoms with Crippen LogP contribution in [-0.2, 0) is 17.8 Å². The summed E-state index contributed by atoms with van der Waals surface area (Å²) in [6, 6.07) is 24.4. The molecule has 5 heteroatoms. The molecule has 0 aliphatic rings. The van der Waals surface area contributed by atoms with E-state index in [-0.39, 0.29) is 18.4 Å². The van der Waals surface area contributed by atoms with Crippen LogP contribution < -0.4 is 5.32 Å². The number of anilines is 1. The van der Waals surface area contributed by atoms with Gasteiger partial charge in [-0.3, -0.25) is 4.79 Å². The fourth-order valence-electron chi connectivity index (χ4n) is 4.03. The van der Waals surface area contributed by atoms with E-state index in [0.29, 0.717) is 5.92 Å². The first-order chi connectivity index (χ1) is 15.4. The highest BCUT2D eigenvalue weighted by Crippen LogP contribution is 2.28. The Morgan fingerprint density at radius 2 is 1.66 bits per heavy atom. The largest absolute Gasteiger partial charge is 0.325 e. The lowest BCUT2D eigenvalue weighted by atomic mass is 9.96. The van der Waals surface area contributed by atoms with Gasteiger partial charge in [-0.15, -0.1) is 0 Å². The Labute approximate surface area is 197 Å². The van der Waals surface area contributed by atoms with E-state index in [0.717, 1.165) is 33.4 Å². The number of amides is 1. The number of hydrogen-bond acceptors (Lipinski definition) is 2. The van der Waals surface area contributed by atoms with Gasteiger partial charge >= 0.3 is 0 Å². The molecule has 4 aromatic rings. The lowest BCUT2D eigenvalue weighted by Crippen LogP contribution is -2.21. The van der Waals surface area contributed by atoms with E-state index in [1.807, 2.05) is 53.1 Å². The average molecular weight is 490 g/mol. The molecule has 1 heterocycles. The number of fused-ring (bicyclic) bond motifs is 1. The molecule has 0 saturated carbocycles. The highest BCUT2D eigenvalue weighted by molar-refractivity contribution is 9.10. The number of nitrogens with one attached hydrogen (secondary N) is 1. The van der Waals surface area contributed by atoms with Crippen LogP contribution in [0.5, 0.6) is 0 Å². The van der Waals surface area contributed by atoms with Gasteiger partial charge in [0.05, 0.1) is 11.0 Å². The zero-order chi connectivity index (χ0) is 22.7. The zero-order valence-corrected chi connectivity index (χ0v) is 20.3. The third kappa shape index (κ3) is 5.10. The average Bonchev–Trinajstić information content (AvgIpc) is 3.13. The van der Waals surface area contributed by atoms with Crippen LogP contribution in [0.4, 0.5) is 5.69 Å². The third-order valence-corrected chi connectivity index (χ3v) is 6.15. The van der Waals surface area contributed by atoms with E-state index in [9.17, 15) is 4.79 Å². The van der Waals surface area contributed by atoms with Crippen molar-refractivity contribution in [1.82, 2.24) is 9.55 Å². The Hall–Kier alpha value is -2.92. The van der Waals surface area contributed by atoms with Crippen molar-refractivity contribution < 1.29 is 4.79 Å². The molecule has 0 saturated heterocycles. The van der Waals surface area contributed by atoms with Gasteiger partial charge in [-0.05, 0) is 59.9 Å². The highest BCUT2D eigenvalue weighted by Gasteiger charge is 2.20. The number of rotatable bonds is 7. The van der Waals surface area contributed by atoms with Gasteiger partial charge in [-0.25, -0.2) is 4.98 Å². The molecule has 0 bridgehead atoms. The van der Waals surface area contributed by atoms with Crippen LogP contribution in [0.3, 0.4) is 0 Å². The highest BCUT2D eigenvalue weighted by atomic mass is 79.9. The topological polar surface area (TPSA) is 46.9 Å². The lowest BCUT2D eigenvalue weighted by molar-refractivity contribution is -0.116. The molecular formula is C27H28BrN3O. The summed E-state index contributed by atoms with van der Waals surface area (Å²) in [5.74, 6) is 1.52. The minimum atomic E-state index is -0.0730. The molecule has 0 spiro atoms. The molecule has 1 amide bonds. The van der Waals surface area contributed by atoms with E-state index < -0.39 is 0 Å². The van der Waals surface area contributed by atoms with Crippen LogP contribution in [0.25, 0.3) is 11.0 Å². The van der Waals surface area contributed by atoms with Gasteiger partial charge in [0.1, 0.15) is 12.4 Å². The van der Waals surface area contributed by atoms with Crippen LogP contribution in [0.1, 0.15) is 43.6 Å². The Morgan fingerprint density at radius 3 is 2.34 bits per heavy atom. The molecule has 4 nitrogen and oxygen atoms in total. The number of hydrogen-bond donors (Lipinski definition) is 1. The number of imidazole rings is 1. The fourth-order valence-corrected chi connectivity index (χ4v) is 4.30. The molecule has 32 heavy (non-hydrogen) atoms. The van der Waals surface area contributed by atoms with Gasteiger partial charge < -0.3 is 9.88 Å². The van der Waals surface area contributed by atoms with E-state index >= 15 is 0 Å². The molecule has 0 radical (unpaired) electrons. The molecule has 0 fully saturated rings. The van der Waals surface area contributed by atoms with E-state index in [2.05, 4.69) is 66.3 Å². The molecule has 0 aliphatic carbocycles. The smallest absolute Gasteiger partial charge is 0.244 e. The Morgan fingerprint density at radius 1 is 0.969 bits per heavy atom. The van der Waals surface area contributed by atoms with Crippen LogP contribution in [0, 0.1) is 5.92 Å². The Bertz CT molecular complexity index is 1210. The number of halogens is 1. The van der Waals surface area contributed by atoms with Crippen molar-refractivity contribution >= 4 is 38.6 Å². The summed E-state index contributed by atoms with van der Waals surface area (Å²) in [5, 5.41) is 3.00. The SMILES string of the molecule is CC(C)Cc1ccc(C(C)c2nc3ccccc3n2CC(=O)Nc2ccc(Br)cc2)cc1. The molecule has 1 N–H and O–H groups in total. The van der Waals surface area contributed by atoms with Gasteiger partial charge in [-0.2, -0.15) is 0 Å². The molecule has 1 aromatic heterocycles. The first-order valence-corrected chi connectivity index (χ1v) is 11.8. The minimum Gasteiger partial charge on any atom is -0.325 e. The summed E-state index contributed by atoms with van der Waals surface area (Å²) >= 11 is 3.43. The second-order valence-corrected chi connectivity index (χ2v) is 9.58. The van der Waals surface area contributed by atoms with E-state index in [1.165, 1.54) is 11.1 Å². The first-order valence-electron chi connectivity index (χ1n) is 11.0. The lowest BCUT2D eigenvalue weighted by Gasteiger charge is -2.16. The Kier molecular flexibility index (Phi) is 6.75. The summed E-state index contributed by atoms with van der Waals surface area (Å²) < 4.78 is 3.02. The monoisotopic (exact) mass is 489 g/mol. The van der Waals surface area contributed by atoms with Gasteiger partial charge in [0.15, 0.2) is 0 Å². The maximum absolute atomic E-state index is 12.9. The minimum absolute atomic E-state index is 0.0657. The van der Waals surface area contributed by atoms with Crippen molar-refractivity contribution in [2.45, 2.75) is 39.7 Å². The second kappa shape index (κ2) is 9.70. The van der Waals surface area contributed by atoms with Crippen molar-refractivity contribution in [2.24, 2.45) is 5.92 Å². The van der Waals surface area contributed by atoms with Crippen LogP contribution in [-0.4, -0.2) is 15.5 Å². The summed E-state index contributed by atoms with van der Waals surface area (Å²) in [6.07, 6.45) is 1.07. The van der Waals surface area contributed by atoms with Crippen molar-refractivity contribution in [2.75, 3.05) is 5.32 Å². The van der Waals surface area contributed by atoms with Crippen LogP contribution in [0.15, 0.2) is 77.3 Å². The van der Waals surface area contributed by atoms with Gasteiger partial charge in [-0.1, -0.05) is 73.1 Å². The van der Waals surface area contributed by atoms with Gasteiger partial charge in [0.2, 0.25) is 5.91 Å². The summed E-state index contributed by atoms with van der Waals surface area (Å²) in [4.78, 5) is 17.8. The first kappa shape index (κ1) is 22.3. The summed E-state index contributed by atoms with van der Waals surface area (Å²) in [6.45, 7) is 6.83. The maximum atomic E-state index is 12.9. The molecular weight excluding hydrogens is 462 g/mol. The maximum Gasteiger partial charge on any atom is 0.244 e. The predicted molar refractivity (Wildman–Crippen MR) is 135 cm³/mol. The zero-order valence-electron chi connectivity index (χ0n) is 18.7. The summed E-state index contributed by atoms with van der Waals surface area (Å²) in [5.41, 5.74) is 5.19. The number of nitrogens with zero attached hydrogens (tertiary/aromatic N) is 2. The van der Waals surface area contributed by atoms with Crippen LogP contribution in [0.2, 0.25) is 0 Å². The molecule has 3 aromatic carbocycles. The van der Waals surface area contributed by atoms with Crippen molar-refractivity contribution in [3.8, 4) is 0 Å². The molecule has 164 valence electrons. The molecule has 4 rings (SSSR count). The number of para-hydroxylation sites is 2. The number of carbonyl (C=O) groups excluding carboxylic acids is 1. The fraction of sp³-hybridized carbons (Fsp3) is 0.259. The number of aromatic nitrogens is 2. The van der Waals surface area contributed by atoms with Crippen molar-refractivity contribution in [1.29, 1.82) is 0 Å². The van der Waals surface area contributed by atoms with Crippen molar-refractivity contribution in [3.05, 3.63) is 94.2 Å². The van der Waals surface area contributed by atoms with Crippen molar-refractivity contribution in [3.63, 3.8) is 0 Å². The molecule has 0 aliphatic heterocycles. The normalized spacial score (nSPS) is 12.3. The van der Waals surface area contributed by atoms with E-state index in [4.69, 9.17) is 4.98 Å². The Balaban J connectivity index is 1.62. The predicted octanol–water partition coefficient (Wildman–Crippen LogP) is 6.79. The number of carbonyl (C=O) groups is 1. The van der Waals surface area contributed by atoms with Crippen LogP contribution >= 0.6 is 15.9 Å². The number of benzene rings is 3. The van der Waals surface area contributed by atoms with E-state index in [1.54, 1.807) is 0 Å². The molecule has 1 atom stereocenters. The van der Waals surface area contributed by atoms with Gasteiger partial charge in [0, 0.05) is 16.1 Å². The summed E-state index contributed by atoms with van der Waals surface area (Å²) in [7, 11) is 0. The quantitative estimate of drug-likeness (QED) is 0.310. The standard InChI is InChI=1S/C27H28BrN3O/c1-18(2)16-20-8-10-21(11-9-20)19(3)27-30-24-6-4-5-7-25(24)31(27)17-26(32)29-23-14-12-22(28)13-15-23/h4-15,18-19H,16-17H2,1-3H3,(H,29,32). The third-order valence-electron chi connectivity index (χ3n) is 5.62. The van der Waals surface area contributed by atoms with Gasteiger partial charge in [0.25, 0.3) is 0 Å².